The average Bonchev–Trinajstić information content (AvgIpc) is 2.87. The van der Waals surface area contributed by atoms with E-state index < -0.39 is 10.0 Å². The molecule has 2 aromatic rings. The molecule has 6 heteroatoms. The Kier molecular flexibility index (Phi) is 5.43. The van der Waals surface area contributed by atoms with Crippen LogP contribution in [0.1, 0.15) is 22.9 Å². The number of thiophene rings is 1. The first kappa shape index (κ1) is 16.5. The molecule has 0 unspecified atom stereocenters. The minimum absolute atomic E-state index is 0.218. The van der Waals surface area contributed by atoms with E-state index in [1.807, 2.05) is 49.6 Å². The average molecular weight is 344 g/mol. The third-order valence-corrected chi connectivity index (χ3v) is 7.07. The normalized spacial score (nSPS) is 12.0. The van der Waals surface area contributed by atoms with Gasteiger partial charge in [0.1, 0.15) is 4.90 Å². The van der Waals surface area contributed by atoms with Crippen LogP contribution in [0, 0.1) is 6.92 Å². The largest absolute Gasteiger partial charge is 0.244 e. The van der Waals surface area contributed by atoms with Crippen molar-refractivity contribution in [1.29, 1.82) is 0 Å². The Morgan fingerprint density at radius 2 is 1.90 bits per heavy atom. The van der Waals surface area contributed by atoms with E-state index in [2.05, 4.69) is 0 Å². The maximum atomic E-state index is 12.9. The molecule has 0 spiro atoms. The molecule has 114 valence electrons. The van der Waals surface area contributed by atoms with Gasteiger partial charge in [-0.15, -0.1) is 22.9 Å². The van der Waals surface area contributed by atoms with Crippen LogP contribution in [-0.4, -0.2) is 19.3 Å². The Balaban J connectivity index is 2.38. The second kappa shape index (κ2) is 6.92. The van der Waals surface area contributed by atoms with E-state index in [-0.39, 0.29) is 5.88 Å². The molecule has 0 amide bonds. The number of alkyl halides is 1. The van der Waals surface area contributed by atoms with Gasteiger partial charge in [-0.2, -0.15) is 4.31 Å². The highest BCUT2D eigenvalue weighted by molar-refractivity contribution is 7.89. The van der Waals surface area contributed by atoms with Gasteiger partial charge < -0.3 is 0 Å². The molecule has 21 heavy (non-hydrogen) atoms. The number of nitrogens with zero attached hydrogens (tertiary/aromatic N) is 1. The Bertz CT molecular complexity index is 696. The van der Waals surface area contributed by atoms with Crippen molar-refractivity contribution in [2.45, 2.75) is 31.2 Å². The number of aryl methyl sites for hydroxylation is 1. The van der Waals surface area contributed by atoms with Gasteiger partial charge in [0, 0.05) is 18.0 Å². The molecular formula is C15H18ClNO2S2. The van der Waals surface area contributed by atoms with Crippen molar-refractivity contribution in [2.75, 3.05) is 6.54 Å². The summed E-state index contributed by atoms with van der Waals surface area (Å²) in [6.45, 7) is 4.46. The zero-order chi connectivity index (χ0) is 15.5. The zero-order valence-electron chi connectivity index (χ0n) is 12.0. The van der Waals surface area contributed by atoms with E-state index in [9.17, 15) is 8.42 Å². The SMILES string of the molecule is CCN(Cc1ccccc1)S(=O)(=O)c1c(C)csc1CCl. The Hall–Kier alpha value is -0.880. The van der Waals surface area contributed by atoms with Gasteiger partial charge in [0.25, 0.3) is 0 Å². The molecule has 3 nitrogen and oxygen atoms in total. The minimum atomic E-state index is -3.52. The maximum Gasteiger partial charge on any atom is 0.244 e. The third-order valence-electron chi connectivity index (χ3n) is 3.26. The predicted octanol–water partition coefficient (Wildman–Crippen LogP) is 4.01. The molecule has 0 bridgehead atoms. The van der Waals surface area contributed by atoms with Crippen molar-refractivity contribution in [2.24, 2.45) is 0 Å². The number of rotatable bonds is 6. The van der Waals surface area contributed by atoms with Gasteiger partial charge in [0.15, 0.2) is 0 Å². The van der Waals surface area contributed by atoms with Crippen molar-refractivity contribution in [3.63, 3.8) is 0 Å². The van der Waals surface area contributed by atoms with Gasteiger partial charge in [-0.3, -0.25) is 0 Å². The fraction of sp³-hybridized carbons (Fsp3) is 0.333. The van der Waals surface area contributed by atoms with E-state index in [1.165, 1.54) is 15.6 Å². The molecule has 0 radical (unpaired) electrons. The van der Waals surface area contributed by atoms with Crippen LogP contribution in [0.3, 0.4) is 0 Å². The number of hydrogen-bond donors (Lipinski definition) is 0. The standard InChI is InChI=1S/C15H18ClNO2S2/c1-3-17(10-13-7-5-4-6-8-13)21(18,19)15-12(2)11-20-14(15)9-16/h4-8,11H,3,9-10H2,1-2H3. The van der Waals surface area contributed by atoms with Crippen molar-refractivity contribution < 1.29 is 8.42 Å². The summed E-state index contributed by atoms with van der Waals surface area (Å²) in [5, 5.41) is 1.85. The molecule has 0 aliphatic rings. The molecule has 2 rings (SSSR count). The van der Waals surface area contributed by atoms with Gasteiger partial charge in [0.05, 0.1) is 5.88 Å². The molecule has 1 aromatic heterocycles. The summed E-state index contributed by atoms with van der Waals surface area (Å²) in [5.41, 5.74) is 1.74. The smallest absolute Gasteiger partial charge is 0.207 e. The van der Waals surface area contributed by atoms with Crippen molar-refractivity contribution in [3.05, 3.63) is 51.7 Å². The zero-order valence-corrected chi connectivity index (χ0v) is 14.4. The van der Waals surface area contributed by atoms with E-state index in [1.54, 1.807) is 0 Å². The summed E-state index contributed by atoms with van der Waals surface area (Å²) in [6, 6.07) is 9.61. The first-order chi connectivity index (χ1) is 10.0. The molecule has 0 fully saturated rings. The van der Waals surface area contributed by atoms with E-state index in [0.717, 1.165) is 11.1 Å². The Morgan fingerprint density at radius 3 is 2.48 bits per heavy atom. The molecule has 0 saturated carbocycles. The molecule has 0 atom stereocenters. The molecule has 0 aliphatic heterocycles. The number of hydrogen-bond acceptors (Lipinski definition) is 3. The second-order valence-corrected chi connectivity index (χ2v) is 7.83. The van der Waals surface area contributed by atoms with Gasteiger partial charge in [0.2, 0.25) is 10.0 Å². The fourth-order valence-corrected chi connectivity index (χ4v) is 5.66. The van der Waals surface area contributed by atoms with Gasteiger partial charge in [-0.1, -0.05) is 37.3 Å². The summed E-state index contributed by atoms with van der Waals surface area (Å²) in [7, 11) is -3.52. The summed E-state index contributed by atoms with van der Waals surface area (Å²) >= 11 is 7.29. The van der Waals surface area contributed by atoms with Crippen LogP contribution in [0.25, 0.3) is 0 Å². The summed E-state index contributed by atoms with van der Waals surface area (Å²) in [5.74, 6) is 0.218. The monoisotopic (exact) mass is 343 g/mol. The molecule has 0 saturated heterocycles. The van der Waals surface area contributed by atoms with Crippen LogP contribution in [-0.2, 0) is 22.4 Å². The van der Waals surface area contributed by atoms with Crippen LogP contribution < -0.4 is 0 Å². The van der Waals surface area contributed by atoms with Gasteiger partial charge in [-0.05, 0) is 23.4 Å². The quantitative estimate of drug-likeness (QED) is 0.743. The highest BCUT2D eigenvalue weighted by Gasteiger charge is 2.28. The van der Waals surface area contributed by atoms with Crippen LogP contribution >= 0.6 is 22.9 Å². The predicted molar refractivity (Wildman–Crippen MR) is 88.3 cm³/mol. The molecule has 0 N–H and O–H groups in total. The maximum absolute atomic E-state index is 12.9. The van der Waals surface area contributed by atoms with E-state index >= 15 is 0 Å². The van der Waals surface area contributed by atoms with Crippen LogP contribution in [0.5, 0.6) is 0 Å². The van der Waals surface area contributed by atoms with Gasteiger partial charge >= 0.3 is 0 Å². The Morgan fingerprint density at radius 1 is 1.24 bits per heavy atom. The lowest BCUT2D eigenvalue weighted by molar-refractivity contribution is 0.423. The summed E-state index contributed by atoms with van der Waals surface area (Å²) in [6.07, 6.45) is 0. The first-order valence-electron chi connectivity index (χ1n) is 6.67. The minimum Gasteiger partial charge on any atom is -0.207 e. The van der Waals surface area contributed by atoms with Crippen molar-refractivity contribution in [1.82, 2.24) is 4.31 Å². The lowest BCUT2D eigenvalue weighted by Crippen LogP contribution is -2.31. The second-order valence-electron chi connectivity index (χ2n) is 4.72. The van der Waals surface area contributed by atoms with Crippen LogP contribution in [0.4, 0.5) is 0 Å². The first-order valence-corrected chi connectivity index (χ1v) is 9.53. The third kappa shape index (κ3) is 3.48. The van der Waals surface area contributed by atoms with E-state index in [0.29, 0.717) is 22.9 Å². The molecular weight excluding hydrogens is 326 g/mol. The van der Waals surface area contributed by atoms with Crippen molar-refractivity contribution >= 4 is 33.0 Å². The van der Waals surface area contributed by atoms with Crippen molar-refractivity contribution in [3.8, 4) is 0 Å². The van der Waals surface area contributed by atoms with Crippen LogP contribution in [0.2, 0.25) is 0 Å². The number of halogens is 1. The Labute approximate surface area is 135 Å². The molecule has 1 aromatic carbocycles. The summed E-state index contributed by atoms with van der Waals surface area (Å²) < 4.78 is 27.3. The molecule has 0 aliphatic carbocycles. The lowest BCUT2D eigenvalue weighted by Gasteiger charge is -2.21. The number of benzene rings is 1. The highest BCUT2D eigenvalue weighted by atomic mass is 35.5. The summed E-state index contributed by atoms with van der Waals surface area (Å²) in [4.78, 5) is 1.08. The van der Waals surface area contributed by atoms with E-state index in [4.69, 9.17) is 11.6 Å². The van der Waals surface area contributed by atoms with Crippen LogP contribution in [0.15, 0.2) is 40.6 Å². The number of sulfonamides is 1. The fourth-order valence-electron chi connectivity index (χ4n) is 2.21. The topological polar surface area (TPSA) is 37.4 Å². The molecule has 1 heterocycles. The lowest BCUT2D eigenvalue weighted by atomic mass is 10.2. The van der Waals surface area contributed by atoms with Gasteiger partial charge in [-0.25, -0.2) is 8.42 Å². The highest BCUT2D eigenvalue weighted by Crippen LogP contribution is 2.31.